The van der Waals surface area contributed by atoms with Gasteiger partial charge in [-0.25, -0.2) is 0 Å². The van der Waals surface area contributed by atoms with Crippen LogP contribution in [0.1, 0.15) is 41.5 Å². The smallest absolute Gasteiger partial charge is 0.179 e. The average molecular weight is 648 g/mol. The van der Waals surface area contributed by atoms with Crippen molar-refractivity contribution in [1.82, 2.24) is 0 Å². The van der Waals surface area contributed by atoms with Gasteiger partial charge in [0.2, 0.25) is 0 Å². The fourth-order valence-corrected chi connectivity index (χ4v) is 12.8. The lowest BCUT2D eigenvalue weighted by Gasteiger charge is -2.34. The summed E-state index contributed by atoms with van der Waals surface area (Å²) in [5, 5.41) is 5.58. The maximum absolute atomic E-state index is 5.30. The van der Waals surface area contributed by atoms with Crippen LogP contribution in [0.3, 0.4) is 0 Å². The quantitative estimate of drug-likeness (QED) is 0.131. The monoisotopic (exact) mass is 647 g/mol. The van der Waals surface area contributed by atoms with Crippen LogP contribution in [-0.4, -0.2) is 13.8 Å². The Bertz CT molecular complexity index is 2030. The second-order valence-electron chi connectivity index (χ2n) is 13.3. The third kappa shape index (κ3) is 6.09. The number of aliphatic imine (C=N–C) groups is 1. The zero-order valence-corrected chi connectivity index (χ0v) is 28.9. The Labute approximate surface area is 292 Å². The first-order chi connectivity index (χ1) is 24.3. The van der Waals surface area contributed by atoms with Crippen LogP contribution in [-0.2, 0) is 12.8 Å². The van der Waals surface area contributed by atoms with Gasteiger partial charge < -0.3 is 0 Å². The number of hydrogen-bond donors (Lipinski definition) is 0. The van der Waals surface area contributed by atoms with E-state index < -0.39 is 8.07 Å². The topological polar surface area (TPSA) is 12.4 Å². The fourth-order valence-electron chi connectivity index (χ4n) is 8.01. The highest BCUT2D eigenvalue weighted by molar-refractivity contribution is 7.19. The van der Waals surface area contributed by atoms with Crippen molar-refractivity contribution < 1.29 is 0 Å². The molecular weight excluding hydrogens is 607 g/mol. The summed E-state index contributed by atoms with van der Waals surface area (Å²) in [6, 6.07) is 60.7. The van der Waals surface area contributed by atoms with Crippen molar-refractivity contribution in [3.8, 4) is 0 Å². The highest BCUT2D eigenvalue weighted by atomic mass is 28.3. The first-order valence-electron chi connectivity index (χ1n) is 17.7. The molecule has 238 valence electrons. The molecule has 0 aromatic heterocycles. The number of hydrogen-bond acceptors (Lipinski definition) is 1. The van der Waals surface area contributed by atoms with E-state index in [4.69, 9.17) is 4.99 Å². The van der Waals surface area contributed by atoms with Gasteiger partial charge in [0.15, 0.2) is 8.07 Å². The van der Waals surface area contributed by atoms with Gasteiger partial charge in [-0.1, -0.05) is 176 Å². The summed E-state index contributed by atoms with van der Waals surface area (Å²) in [5.41, 5.74) is 8.96. The summed E-state index contributed by atoms with van der Waals surface area (Å²) in [4.78, 5) is 5.30. The van der Waals surface area contributed by atoms with Crippen molar-refractivity contribution in [2.75, 3.05) is 0 Å². The van der Waals surface area contributed by atoms with E-state index in [2.05, 4.69) is 182 Å². The van der Waals surface area contributed by atoms with E-state index in [9.17, 15) is 0 Å². The van der Waals surface area contributed by atoms with Crippen LogP contribution < -0.4 is 20.7 Å². The summed E-state index contributed by atoms with van der Waals surface area (Å²) in [6.07, 6.45) is 12.5. The molecule has 1 atom stereocenters. The molecule has 0 fully saturated rings. The Kier molecular flexibility index (Phi) is 8.88. The molecule has 0 spiro atoms. The van der Waals surface area contributed by atoms with Gasteiger partial charge in [0.25, 0.3) is 0 Å². The van der Waals surface area contributed by atoms with Gasteiger partial charge in [-0.05, 0) is 86.7 Å². The minimum absolute atomic E-state index is 0.447. The van der Waals surface area contributed by atoms with Crippen molar-refractivity contribution in [3.05, 3.63) is 204 Å². The zero-order chi connectivity index (χ0) is 32.9. The highest BCUT2D eigenvalue weighted by Gasteiger charge is 2.41. The van der Waals surface area contributed by atoms with Gasteiger partial charge in [0, 0.05) is 5.92 Å². The molecule has 8 rings (SSSR count). The largest absolute Gasteiger partial charge is 0.252 e. The Morgan fingerprint density at radius 3 is 1.73 bits per heavy atom. The van der Waals surface area contributed by atoms with Crippen molar-refractivity contribution in [3.63, 3.8) is 0 Å². The Balaban J connectivity index is 1.21. The number of rotatable bonds is 5. The number of para-hydroxylation sites is 1. The molecule has 1 heterocycles. The lowest BCUT2D eigenvalue weighted by molar-refractivity contribution is 0.586. The molecule has 49 heavy (non-hydrogen) atoms. The molecule has 0 radical (unpaired) electrons. The third-order valence-electron chi connectivity index (χ3n) is 10.4. The minimum atomic E-state index is -2.56. The van der Waals surface area contributed by atoms with Gasteiger partial charge in [0.1, 0.15) is 0 Å². The van der Waals surface area contributed by atoms with Crippen molar-refractivity contribution >= 4 is 45.8 Å². The van der Waals surface area contributed by atoms with E-state index in [1.165, 1.54) is 54.3 Å². The highest BCUT2D eigenvalue weighted by Crippen LogP contribution is 2.34. The molecule has 6 aromatic carbocycles. The van der Waals surface area contributed by atoms with Crippen LogP contribution in [0.4, 0.5) is 5.69 Å². The number of fused-ring (bicyclic) bond motifs is 4. The van der Waals surface area contributed by atoms with E-state index in [0.29, 0.717) is 5.92 Å². The molecule has 1 nitrogen and oxygen atoms in total. The molecule has 1 unspecified atom stereocenters. The SMILES string of the molecule is C1=C\C(c2ccc([Si](c3ccccc3)(c3ccccc3)c3ccccc3)cc2)=C/Cc2ccccc2C2=Nc3ccccc3CC2CCC/1. The van der Waals surface area contributed by atoms with E-state index >= 15 is 0 Å². The van der Waals surface area contributed by atoms with Crippen molar-refractivity contribution in [2.45, 2.75) is 32.1 Å². The van der Waals surface area contributed by atoms with E-state index in [0.717, 1.165) is 37.8 Å². The van der Waals surface area contributed by atoms with Crippen LogP contribution in [0.2, 0.25) is 0 Å². The lowest BCUT2D eigenvalue weighted by atomic mass is 9.82. The Morgan fingerprint density at radius 1 is 0.531 bits per heavy atom. The van der Waals surface area contributed by atoms with Crippen LogP contribution in [0.5, 0.6) is 0 Å². The van der Waals surface area contributed by atoms with Gasteiger partial charge in [0.05, 0.1) is 11.4 Å². The van der Waals surface area contributed by atoms with E-state index in [1.807, 2.05) is 0 Å². The predicted octanol–water partition coefficient (Wildman–Crippen LogP) is 8.72. The molecule has 1 aliphatic heterocycles. The molecular formula is C47H41NSi. The number of allylic oxidation sites excluding steroid dienone is 4. The average Bonchev–Trinajstić information content (AvgIpc) is 3.17. The Hall–Kier alpha value is -5.31. The molecule has 0 saturated heterocycles. The molecule has 0 saturated carbocycles. The summed E-state index contributed by atoms with van der Waals surface area (Å²) >= 11 is 0. The normalized spacial score (nSPS) is 17.8. The van der Waals surface area contributed by atoms with Gasteiger partial charge >= 0.3 is 0 Å². The first kappa shape index (κ1) is 31.0. The summed E-state index contributed by atoms with van der Waals surface area (Å²) in [5.74, 6) is 0.447. The van der Waals surface area contributed by atoms with Crippen LogP contribution in [0.25, 0.3) is 5.57 Å². The van der Waals surface area contributed by atoms with E-state index in [1.54, 1.807) is 0 Å². The third-order valence-corrected chi connectivity index (χ3v) is 15.2. The molecule has 0 N–H and O–H groups in total. The maximum atomic E-state index is 5.30. The zero-order valence-electron chi connectivity index (χ0n) is 27.9. The van der Waals surface area contributed by atoms with Gasteiger partial charge in [-0.3, -0.25) is 4.99 Å². The second kappa shape index (κ2) is 14.0. The summed E-state index contributed by atoms with van der Waals surface area (Å²) < 4.78 is 0. The standard InChI is InChI=1S/C47H41NSi/c1-5-17-36(29-30-38-18-13-15-27-45(38)47-40(20-6-1)35-39-19-14-16-28-46(39)48-47)37-31-33-44(34-32-37)49(41-21-7-2-8-22-41,42-23-9-3-10-24-42)43-25-11-4-12-26-43/h2-5,7-19,21-29,31-34,40H,1,6,20,30,35H2/b17-5-,36-29+. The van der Waals surface area contributed by atoms with Gasteiger partial charge in [-0.2, -0.15) is 0 Å². The second-order valence-corrected chi connectivity index (χ2v) is 17.1. The maximum Gasteiger partial charge on any atom is 0.179 e. The number of benzene rings is 6. The van der Waals surface area contributed by atoms with Crippen LogP contribution in [0.15, 0.2) is 187 Å². The minimum Gasteiger partial charge on any atom is -0.252 e. The molecule has 2 heteroatoms. The number of nitrogens with zero attached hydrogens (tertiary/aromatic N) is 1. The van der Waals surface area contributed by atoms with Crippen LogP contribution >= 0.6 is 0 Å². The molecule has 0 bridgehead atoms. The van der Waals surface area contributed by atoms with E-state index in [-0.39, 0.29) is 0 Å². The lowest BCUT2D eigenvalue weighted by Crippen LogP contribution is -2.74. The van der Waals surface area contributed by atoms with Crippen molar-refractivity contribution in [1.29, 1.82) is 0 Å². The Morgan fingerprint density at radius 2 is 1.08 bits per heavy atom. The van der Waals surface area contributed by atoms with Gasteiger partial charge in [-0.15, -0.1) is 0 Å². The first-order valence-corrected chi connectivity index (χ1v) is 19.7. The van der Waals surface area contributed by atoms with Crippen LogP contribution in [0, 0.1) is 5.92 Å². The van der Waals surface area contributed by atoms with Crippen molar-refractivity contribution in [2.24, 2.45) is 10.9 Å². The molecule has 2 aliphatic rings. The fraction of sp³-hybridized carbons (Fsp3) is 0.128. The predicted molar refractivity (Wildman–Crippen MR) is 211 cm³/mol. The summed E-state index contributed by atoms with van der Waals surface area (Å²) in [6.45, 7) is 0. The summed E-state index contributed by atoms with van der Waals surface area (Å²) in [7, 11) is -2.56. The molecule has 0 amide bonds. The molecule has 6 aromatic rings. The molecule has 1 aliphatic carbocycles.